The van der Waals surface area contributed by atoms with Crippen molar-refractivity contribution >= 4 is 40.5 Å². The van der Waals surface area contributed by atoms with Gasteiger partial charge in [0.2, 0.25) is 0 Å². The number of aromatic nitrogens is 2. The molecular formula is C14H16Cl2N4. The maximum absolute atomic E-state index is 6.02. The van der Waals surface area contributed by atoms with Gasteiger partial charge in [0.25, 0.3) is 0 Å². The first-order valence-electron chi connectivity index (χ1n) is 6.27. The van der Waals surface area contributed by atoms with Crippen molar-refractivity contribution in [3.8, 4) is 0 Å². The second-order valence-electron chi connectivity index (χ2n) is 4.64. The molecule has 0 aliphatic heterocycles. The third-order valence-electron chi connectivity index (χ3n) is 2.88. The van der Waals surface area contributed by atoms with Crippen molar-refractivity contribution in [1.82, 2.24) is 9.97 Å². The molecule has 0 saturated heterocycles. The maximum Gasteiger partial charge on any atom is 0.139 e. The summed E-state index contributed by atoms with van der Waals surface area (Å²) in [7, 11) is 1.84. The van der Waals surface area contributed by atoms with E-state index in [0.29, 0.717) is 10.0 Å². The minimum absolute atomic E-state index is 0.281. The zero-order valence-corrected chi connectivity index (χ0v) is 13.0. The molecule has 0 aliphatic rings. The summed E-state index contributed by atoms with van der Waals surface area (Å²) in [6, 6.07) is 5.38. The standard InChI is InChI=1S/C14H16Cl2N4/c1-8(2)12-13(17-3)18-7-19-14(12)20-9-4-5-10(15)11(16)6-9/h4-8H,1-3H3,(H2,17,18,19,20). The zero-order valence-electron chi connectivity index (χ0n) is 11.5. The quantitative estimate of drug-likeness (QED) is 0.860. The van der Waals surface area contributed by atoms with E-state index in [9.17, 15) is 0 Å². The first kappa shape index (κ1) is 14.9. The highest BCUT2D eigenvalue weighted by molar-refractivity contribution is 6.42. The summed E-state index contributed by atoms with van der Waals surface area (Å²) in [4.78, 5) is 8.56. The van der Waals surface area contributed by atoms with Gasteiger partial charge >= 0.3 is 0 Å². The molecule has 0 aliphatic carbocycles. The van der Waals surface area contributed by atoms with Gasteiger partial charge in [-0.2, -0.15) is 0 Å². The van der Waals surface area contributed by atoms with Crippen molar-refractivity contribution in [2.45, 2.75) is 19.8 Å². The third-order valence-corrected chi connectivity index (χ3v) is 3.62. The second kappa shape index (κ2) is 6.29. The fourth-order valence-electron chi connectivity index (χ4n) is 1.95. The fraction of sp³-hybridized carbons (Fsp3) is 0.286. The molecule has 1 aromatic heterocycles. The van der Waals surface area contributed by atoms with Crippen LogP contribution in [-0.4, -0.2) is 17.0 Å². The lowest BCUT2D eigenvalue weighted by Crippen LogP contribution is -2.06. The number of benzene rings is 1. The summed E-state index contributed by atoms with van der Waals surface area (Å²) >= 11 is 11.9. The van der Waals surface area contributed by atoms with Crippen LogP contribution in [0.4, 0.5) is 17.3 Å². The lowest BCUT2D eigenvalue weighted by atomic mass is 10.0. The van der Waals surface area contributed by atoms with E-state index in [0.717, 1.165) is 22.9 Å². The van der Waals surface area contributed by atoms with Crippen LogP contribution in [0, 0.1) is 0 Å². The van der Waals surface area contributed by atoms with E-state index in [2.05, 4.69) is 34.4 Å². The number of hydrogen-bond acceptors (Lipinski definition) is 4. The number of hydrogen-bond donors (Lipinski definition) is 2. The molecule has 0 saturated carbocycles. The Labute approximate surface area is 128 Å². The van der Waals surface area contributed by atoms with Crippen LogP contribution in [0.5, 0.6) is 0 Å². The molecule has 0 spiro atoms. The van der Waals surface area contributed by atoms with Crippen LogP contribution in [0.25, 0.3) is 0 Å². The summed E-state index contributed by atoms with van der Waals surface area (Å²) in [5.74, 6) is 1.86. The van der Waals surface area contributed by atoms with E-state index in [1.54, 1.807) is 12.1 Å². The molecule has 0 bridgehead atoms. The smallest absolute Gasteiger partial charge is 0.139 e. The van der Waals surface area contributed by atoms with Gasteiger partial charge in [-0.1, -0.05) is 37.0 Å². The normalized spacial score (nSPS) is 10.7. The third kappa shape index (κ3) is 3.14. The number of anilines is 3. The minimum atomic E-state index is 0.281. The molecule has 2 rings (SSSR count). The second-order valence-corrected chi connectivity index (χ2v) is 5.46. The van der Waals surface area contributed by atoms with Crippen LogP contribution >= 0.6 is 23.2 Å². The molecule has 2 N–H and O–H groups in total. The van der Waals surface area contributed by atoms with E-state index in [-0.39, 0.29) is 5.92 Å². The first-order chi connectivity index (χ1) is 9.52. The molecule has 0 atom stereocenters. The van der Waals surface area contributed by atoms with Crippen molar-refractivity contribution in [3.63, 3.8) is 0 Å². The van der Waals surface area contributed by atoms with Crippen molar-refractivity contribution in [1.29, 1.82) is 0 Å². The van der Waals surface area contributed by atoms with Gasteiger partial charge in [0.15, 0.2) is 0 Å². The van der Waals surface area contributed by atoms with E-state index in [1.807, 2.05) is 13.1 Å². The van der Waals surface area contributed by atoms with Crippen molar-refractivity contribution in [2.24, 2.45) is 0 Å². The summed E-state index contributed by atoms with van der Waals surface area (Å²) < 4.78 is 0. The van der Waals surface area contributed by atoms with E-state index >= 15 is 0 Å². The molecule has 0 amide bonds. The Bertz CT molecular complexity index is 614. The first-order valence-corrected chi connectivity index (χ1v) is 7.03. The number of nitrogens with one attached hydrogen (secondary N) is 2. The van der Waals surface area contributed by atoms with Crippen LogP contribution in [0.1, 0.15) is 25.3 Å². The van der Waals surface area contributed by atoms with Gasteiger partial charge in [0, 0.05) is 18.3 Å². The number of rotatable bonds is 4. The molecule has 6 heteroatoms. The highest BCUT2D eigenvalue weighted by Crippen LogP contribution is 2.32. The van der Waals surface area contributed by atoms with Gasteiger partial charge in [0.1, 0.15) is 18.0 Å². The predicted molar refractivity (Wildman–Crippen MR) is 85.4 cm³/mol. The van der Waals surface area contributed by atoms with Gasteiger partial charge in [-0.3, -0.25) is 0 Å². The Balaban J connectivity index is 2.40. The Morgan fingerprint density at radius 2 is 1.75 bits per heavy atom. The van der Waals surface area contributed by atoms with Crippen LogP contribution in [0.3, 0.4) is 0 Å². The lowest BCUT2D eigenvalue weighted by molar-refractivity contribution is 0.852. The molecular weight excluding hydrogens is 295 g/mol. The Morgan fingerprint density at radius 1 is 1.05 bits per heavy atom. The molecule has 20 heavy (non-hydrogen) atoms. The van der Waals surface area contributed by atoms with E-state index in [4.69, 9.17) is 23.2 Å². The van der Waals surface area contributed by atoms with Gasteiger partial charge in [0.05, 0.1) is 10.0 Å². The summed E-state index contributed by atoms with van der Waals surface area (Å²) in [6.45, 7) is 4.19. The van der Waals surface area contributed by atoms with Gasteiger partial charge in [-0.25, -0.2) is 9.97 Å². The molecule has 0 unspecified atom stereocenters. The monoisotopic (exact) mass is 310 g/mol. The van der Waals surface area contributed by atoms with Crippen LogP contribution in [0.15, 0.2) is 24.5 Å². The Hall–Kier alpha value is -1.52. The fourth-order valence-corrected chi connectivity index (χ4v) is 2.25. The lowest BCUT2D eigenvalue weighted by Gasteiger charge is -2.16. The average Bonchev–Trinajstić information content (AvgIpc) is 2.42. The zero-order chi connectivity index (χ0) is 14.7. The van der Waals surface area contributed by atoms with Crippen molar-refractivity contribution in [2.75, 3.05) is 17.7 Å². The largest absolute Gasteiger partial charge is 0.373 e. The molecule has 1 heterocycles. The van der Waals surface area contributed by atoms with Gasteiger partial charge in [-0.05, 0) is 24.1 Å². The highest BCUT2D eigenvalue weighted by atomic mass is 35.5. The molecule has 4 nitrogen and oxygen atoms in total. The summed E-state index contributed by atoms with van der Waals surface area (Å²) in [5, 5.41) is 7.38. The highest BCUT2D eigenvalue weighted by Gasteiger charge is 2.14. The molecule has 106 valence electrons. The molecule has 1 aromatic carbocycles. The predicted octanol–water partition coefficient (Wildman–Crippen LogP) is 4.69. The van der Waals surface area contributed by atoms with Gasteiger partial charge < -0.3 is 10.6 Å². The number of halogens is 2. The van der Waals surface area contributed by atoms with E-state index < -0.39 is 0 Å². The maximum atomic E-state index is 6.02. The Morgan fingerprint density at radius 3 is 2.35 bits per heavy atom. The van der Waals surface area contributed by atoms with Crippen molar-refractivity contribution in [3.05, 3.63) is 40.1 Å². The average molecular weight is 311 g/mol. The molecule has 0 fully saturated rings. The summed E-state index contributed by atoms with van der Waals surface area (Å²) in [6.07, 6.45) is 1.53. The van der Waals surface area contributed by atoms with Crippen molar-refractivity contribution < 1.29 is 0 Å². The number of nitrogens with zero attached hydrogens (tertiary/aromatic N) is 2. The molecule has 0 radical (unpaired) electrons. The summed E-state index contributed by atoms with van der Waals surface area (Å²) in [5.41, 5.74) is 1.86. The topological polar surface area (TPSA) is 49.8 Å². The Kier molecular flexibility index (Phi) is 4.68. The molecule has 2 aromatic rings. The minimum Gasteiger partial charge on any atom is -0.373 e. The van der Waals surface area contributed by atoms with Crippen LogP contribution in [-0.2, 0) is 0 Å². The van der Waals surface area contributed by atoms with Crippen LogP contribution in [0.2, 0.25) is 10.0 Å². The van der Waals surface area contributed by atoms with Crippen LogP contribution < -0.4 is 10.6 Å². The van der Waals surface area contributed by atoms with E-state index in [1.165, 1.54) is 6.33 Å². The van der Waals surface area contributed by atoms with Gasteiger partial charge in [-0.15, -0.1) is 0 Å². The SMILES string of the molecule is CNc1ncnc(Nc2ccc(Cl)c(Cl)c2)c1C(C)C.